The van der Waals surface area contributed by atoms with E-state index < -0.39 is 0 Å². The summed E-state index contributed by atoms with van der Waals surface area (Å²) in [6.07, 6.45) is 1.24. The van der Waals surface area contributed by atoms with E-state index in [0.29, 0.717) is 29.0 Å². The number of rotatable bonds is 4. The van der Waals surface area contributed by atoms with E-state index in [4.69, 9.17) is 4.99 Å². The van der Waals surface area contributed by atoms with Gasteiger partial charge < -0.3 is 5.32 Å². The first-order valence-electron chi connectivity index (χ1n) is 6.87. The summed E-state index contributed by atoms with van der Waals surface area (Å²) in [5, 5.41) is 5.34. The number of hydrogen-bond donors (Lipinski definition) is 1. The quantitative estimate of drug-likeness (QED) is 0.828. The van der Waals surface area contributed by atoms with Gasteiger partial charge in [0.15, 0.2) is 5.17 Å². The highest BCUT2D eigenvalue weighted by Crippen LogP contribution is 2.24. The molecule has 1 aliphatic heterocycles. The molecule has 1 heterocycles. The van der Waals surface area contributed by atoms with E-state index in [2.05, 4.69) is 46.9 Å². The van der Waals surface area contributed by atoms with Crippen LogP contribution in [0.4, 0.5) is 0 Å². The molecule has 0 saturated carbocycles. The summed E-state index contributed by atoms with van der Waals surface area (Å²) < 4.78 is 0. The van der Waals surface area contributed by atoms with E-state index in [-0.39, 0.29) is 0 Å². The van der Waals surface area contributed by atoms with Gasteiger partial charge in [-0.1, -0.05) is 46.4 Å². The Kier molecular flexibility index (Phi) is 5.84. The Balaban J connectivity index is 2.56. The first-order chi connectivity index (χ1) is 7.90. The minimum absolute atomic E-state index is 0.571. The van der Waals surface area contributed by atoms with E-state index in [0.717, 1.165) is 11.7 Å². The second-order valence-corrected chi connectivity index (χ2v) is 7.43. The van der Waals surface area contributed by atoms with Crippen LogP contribution in [0.3, 0.4) is 0 Å². The number of thioether (sulfide) groups is 1. The second kappa shape index (κ2) is 6.67. The molecular weight excluding hydrogens is 228 g/mol. The molecule has 17 heavy (non-hydrogen) atoms. The zero-order valence-corrected chi connectivity index (χ0v) is 13.0. The van der Waals surface area contributed by atoms with Crippen molar-refractivity contribution in [3.05, 3.63) is 0 Å². The molecule has 0 aromatic carbocycles. The highest BCUT2D eigenvalue weighted by atomic mass is 32.2. The predicted octanol–water partition coefficient (Wildman–Crippen LogP) is 3.77. The molecular formula is C14H28N2S. The molecule has 1 fully saturated rings. The summed E-state index contributed by atoms with van der Waals surface area (Å²) in [4.78, 5) is 4.80. The fourth-order valence-corrected chi connectivity index (χ4v) is 3.69. The number of amidine groups is 1. The number of hydrogen-bond acceptors (Lipinski definition) is 2. The first-order valence-corrected chi connectivity index (χ1v) is 7.75. The molecule has 1 saturated heterocycles. The maximum atomic E-state index is 4.80. The molecule has 2 atom stereocenters. The van der Waals surface area contributed by atoms with Crippen LogP contribution in [-0.4, -0.2) is 23.0 Å². The van der Waals surface area contributed by atoms with Gasteiger partial charge in [-0.15, -0.1) is 0 Å². The minimum atomic E-state index is 0.571. The molecule has 1 rings (SSSR count). The van der Waals surface area contributed by atoms with Gasteiger partial charge in [0, 0.05) is 17.8 Å². The fourth-order valence-electron chi connectivity index (χ4n) is 2.50. The lowest BCUT2D eigenvalue weighted by Crippen LogP contribution is -2.38. The Bertz CT molecular complexity index is 241. The summed E-state index contributed by atoms with van der Waals surface area (Å²) in [6.45, 7) is 14.7. The Morgan fingerprint density at radius 1 is 1.24 bits per heavy atom. The average molecular weight is 256 g/mol. The molecule has 0 amide bonds. The zero-order valence-electron chi connectivity index (χ0n) is 12.2. The van der Waals surface area contributed by atoms with Gasteiger partial charge in [0.05, 0.1) is 0 Å². The van der Waals surface area contributed by atoms with Gasteiger partial charge in [-0.25, -0.2) is 0 Å². The van der Waals surface area contributed by atoms with Gasteiger partial charge in [0.1, 0.15) is 0 Å². The largest absolute Gasteiger partial charge is 0.362 e. The van der Waals surface area contributed by atoms with Crippen LogP contribution < -0.4 is 5.32 Å². The maximum absolute atomic E-state index is 4.80. The third-order valence-electron chi connectivity index (χ3n) is 3.53. The molecule has 2 unspecified atom stereocenters. The Hall–Kier alpha value is -0.180. The van der Waals surface area contributed by atoms with Crippen LogP contribution in [0.25, 0.3) is 0 Å². The van der Waals surface area contributed by atoms with Crippen molar-refractivity contribution in [2.45, 2.75) is 59.3 Å². The van der Waals surface area contributed by atoms with Crippen LogP contribution in [0.1, 0.15) is 48.0 Å². The lowest BCUT2D eigenvalue weighted by Gasteiger charge is -2.28. The summed E-state index contributed by atoms with van der Waals surface area (Å²) in [7, 11) is 0. The van der Waals surface area contributed by atoms with E-state index in [9.17, 15) is 0 Å². The number of nitrogens with zero attached hydrogens (tertiary/aromatic N) is 1. The molecule has 3 heteroatoms. The normalized spacial score (nSPS) is 28.2. The summed E-state index contributed by atoms with van der Waals surface area (Å²) in [6, 6.07) is 0.571. The van der Waals surface area contributed by atoms with Gasteiger partial charge in [-0.05, 0) is 31.1 Å². The minimum Gasteiger partial charge on any atom is -0.362 e. The Labute approximate surface area is 111 Å². The average Bonchev–Trinajstić information content (AvgIpc) is 2.14. The van der Waals surface area contributed by atoms with Crippen LogP contribution >= 0.6 is 11.8 Å². The standard InChI is InChI=1S/C14H28N2S/c1-9(2)13(10(3)4)8-15-14-16-11(5)7-12(6)17-14/h9-13H,7-8H2,1-6H3,(H,15,16). The van der Waals surface area contributed by atoms with Crippen molar-refractivity contribution in [2.24, 2.45) is 22.7 Å². The van der Waals surface area contributed by atoms with E-state index in [1.807, 2.05) is 11.8 Å². The Morgan fingerprint density at radius 2 is 1.82 bits per heavy atom. The molecule has 1 aliphatic rings. The van der Waals surface area contributed by atoms with Crippen molar-refractivity contribution in [3.63, 3.8) is 0 Å². The van der Waals surface area contributed by atoms with Crippen molar-refractivity contribution in [1.29, 1.82) is 0 Å². The van der Waals surface area contributed by atoms with Gasteiger partial charge in [-0.3, -0.25) is 4.99 Å². The number of nitrogens with one attached hydrogen (secondary N) is 1. The van der Waals surface area contributed by atoms with Gasteiger partial charge in [-0.2, -0.15) is 0 Å². The molecule has 1 N–H and O–H groups in total. The maximum Gasteiger partial charge on any atom is 0.157 e. The van der Waals surface area contributed by atoms with Gasteiger partial charge >= 0.3 is 0 Å². The number of aliphatic imine (C=N–C) groups is 1. The monoisotopic (exact) mass is 256 g/mol. The highest BCUT2D eigenvalue weighted by molar-refractivity contribution is 8.14. The van der Waals surface area contributed by atoms with Crippen LogP contribution in [0.5, 0.6) is 0 Å². The van der Waals surface area contributed by atoms with E-state index >= 15 is 0 Å². The molecule has 0 spiro atoms. The molecule has 100 valence electrons. The van der Waals surface area contributed by atoms with Gasteiger partial charge in [0.2, 0.25) is 0 Å². The van der Waals surface area contributed by atoms with E-state index in [1.54, 1.807) is 0 Å². The van der Waals surface area contributed by atoms with Crippen LogP contribution in [0, 0.1) is 17.8 Å². The van der Waals surface area contributed by atoms with Crippen LogP contribution in [-0.2, 0) is 0 Å². The van der Waals surface area contributed by atoms with Crippen molar-refractivity contribution in [2.75, 3.05) is 6.54 Å². The highest BCUT2D eigenvalue weighted by Gasteiger charge is 2.21. The van der Waals surface area contributed by atoms with E-state index in [1.165, 1.54) is 6.42 Å². The Morgan fingerprint density at radius 3 is 2.29 bits per heavy atom. The fraction of sp³-hybridized carbons (Fsp3) is 0.929. The van der Waals surface area contributed by atoms with Crippen molar-refractivity contribution < 1.29 is 0 Å². The summed E-state index contributed by atoms with van der Waals surface area (Å²) in [5.41, 5.74) is 0. The topological polar surface area (TPSA) is 24.4 Å². The SMILES string of the molecule is CC1CC(C)SC(=NCC(C(C)C)C(C)C)N1. The smallest absolute Gasteiger partial charge is 0.157 e. The molecule has 0 aromatic heterocycles. The lowest BCUT2D eigenvalue weighted by molar-refractivity contribution is 0.298. The molecule has 0 bridgehead atoms. The summed E-state index contributed by atoms with van der Waals surface area (Å²) in [5.74, 6) is 2.11. The molecule has 0 aromatic rings. The summed E-state index contributed by atoms with van der Waals surface area (Å²) >= 11 is 1.89. The predicted molar refractivity (Wildman–Crippen MR) is 79.7 cm³/mol. The molecule has 0 radical (unpaired) electrons. The molecule has 2 nitrogen and oxygen atoms in total. The zero-order chi connectivity index (χ0) is 13.0. The first kappa shape index (κ1) is 14.9. The third kappa shape index (κ3) is 4.90. The lowest BCUT2D eigenvalue weighted by atomic mass is 9.86. The van der Waals surface area contributed by atoms with Crippen molar-refractivity contribution in [3.8, 4) is 0 Å². The van der Waals surface area contributed by atoms with Crippen LogP contribution in [0.15, 0.2) is 4.99 Å². The third-order valence-corrected chi connectivity index (χ3v) is 4.59. The van der Waals surface area contributed by atoms with Gasteiger partial charge in [0.25, 0.3) is 0 Å². The van der Waals surface area contributed by atoms with Crippen LogP contribution in [0.2, 0.25) is 0 Å². The van der Waals surface area contributed by atoms with Crippen molar-refractivity contribution in [1.82, 2.24) is 5.32 Å². The second-order valence-electron chi connectivity index (χ2n) is 6.01. The molecule has 0 aliphatic carbocycles. The van der Waals surface area contributed by atoms with Crippen molar-refractivity contribution >= 4 is 16.9 Å².